The van der Waals surface area contributed by atoms with Crippen molar-refractivity contribution in [2.24, 2.45) is 0 Å². The topological polar surface area (TPSA) is 100 Å². The number of nitrogens with zero attached hydrogens (tertiary/aromatic N) is 4. The molecule has 0 bridgehead atoms. The van der Waals surface area contributed by atoms with E-state index in [1.807, 2.05) is 0 Å². The molecule has 1 aromatic heterocycles. The monoisotopic (exact) mass is 280 g/mol. The van der Waals surface area contributed by atoms with Gasteiger partial charge in [0.25, 0.3) is 5.69 Å². The second-order valence-electron chi connectivity index (χ2n) is 3.74. The summed E-state index contributed by atoms with van der Waals surface area (Å²) in [6.07, 6.45) is 2.25. The van der Waals surface area contributed by atoms with Gasteiger partial charge in [-0.15, -0.1) is 0 Å². The van der Waals surface area contributed by atoms with Gasteiger partial charge >= 0.3 is 0 Å². The molecule has 0 aliphatic carbocycles. The Kier molecular flexibility index (Phi) is 4.56. The van der Waals surface area contributed by atoms with Crippen molar-refractivity contribution in [3.05, 3.63) is 44.9 Å². The van der Waals surface area contributed by atoms with Gasteiger partial charge in [-0.1, -0.05) is 11.6 Å². The lowest BCUT2D eigenvalue weighted by Gasteiger charge is -2.06. The van der Waals surface area contributed by atoms with E-state index in [0.29, 0.717) is 0 Å². The Morgan fingerprint density at radius 2 is 2.26 bits per heavy atom. The van der Waals surface area contributed by atoms with Crippen LogP contribution in [0.15, 0.2) is 24.0 Å². The molecule has 0 amide bonds. The molecule has 98 valence electrons. The Labute approximate surface area is 113 Å². The van der Waals surface area contributed by atoms with Gasteiger partial charge in [0.05, 0.1) is 10.5 Å². The number of hydrogen-bond acceptors (Lipinski definition) is 6. The standard InChI is InChI=1S/C11H9ClN4O3/c1-15(2)6-7(4-13)10(17)9-3-8(16(18)19)5-14-11(9)12/h3,5-6H,1-2H3/b7-6+. The number of ketones is 1. The number of rotatable bonds is 4. The maximum absolute atomic E-state index is 12.0. The molecule has 19 heavy (non-hydrogen) atoms. The van der Waals surface area contributed by atoms with Gasteiger partial charge in [-0.25, -0.2) is 4.98 Å². The summed E-state index contributed by atoms with van der Waals surface area (Å²) in [6.45, 7) is 0. The van der Waals surface area contributed by atoms with Crippen LogP contribution in [-0.4, -0.2) is 34.7 Å². The minimum atomic E-state index is -0.711. The first-order valence-electron chi connectivity index (χ1n) is 4.99. The van der Waals surface area contributed by atoms with Gasteiger partial charge in [0, 0.05) is 26.4 Å². The number of carbonyl (C=O) groups is 1. The predicted octanol–water partition coefficient (Wildman–Crippen LogP) is 1.79. The molecule has 8 heteroatoms. The molecular weight excluding hydrogens is 272 g/mol. The highest BCUT2D eigenvalue weighted by atomic mass is 35.5. The SMILES string of the molecule is CN(C)/C=C(\C#N)C(=O)c1cc([N+](=O)[O-])cnc1Cl. The Morgan fingerprint density at radius 1 is 1.63 bits per heavy atom. The van der Waals surface area contributed by atoms with Crippen LogP contribution in [-0.2, 0) is 0 Å². The van der Waals surface area contributed by atoms with E-state index in [1.165, 1.54) is 11.1 Å². The van der Waals surface area contributed by atoms with E-state index in [-0.39, 0.29) is 22.0 Å². The van der Waals surface area contributed by atoms with Gasteiger partial charge in [0.2, 0.25) is 5.78 Å². The van der Waals surface area contributed by atoms with Crippen molar-refractivity contribution in [2.75, 3.05) is 14.1 Å². The molecule has 0 saturated heterocycles. The van der Waals surface area contributed by atoms with E-state index in [4.69, 9.17) is 16.9 Å². The number of nitriles is 1. The van der Waals surface area contributed by atoms with Gasteiger partial charge in [-0.05, 0) is 0 Å². The summed E-state index contributed by atoms with van der Waals surface area (Å²) in [6, 6.07) is 2.72. The molecule has 0 aromatic carbocycles. The molecule has 0 aliphatic rings. The van der Waals surface area contributed by atoms with Crippen molar-refractivity contribution in [3.8, 4) is 6.07 Å². The lowest BCUT2D eigenvalue weighted by Crippen LogP contribution is -2.10. The average molecular weight is 281 g/mol. The molecule has 0 atom stereocenters. The minimum absolute atomic E-state index is 0.175. The maximum atomic E-state index is 12.0. The zero-order valence-electron chi connectivity index (χ0n) is 10.1. The third-order valence-electron chi connectivity index (χ3n) is 2.03. The van der Waals surface area contributed by atoms with Crippen LogP contribution in [0.5, 0.6) is 0 Å². The Bertz CT molecular complexity index is 604. The zero-order chi connectivity index (χ0) is 14.6. The van der Waals surface area contributed by atoms with Crippen molar-refractivity contribution in [1.29, 1.82) is 5.26 Å². The molecule has 7 nitrogen and oxygen atoms in total. The summed E-state index contributed by atoms with van der Waals surface area (Å²) < 4.78 is 0. The average Bonchev–Trinajstić information content (AvgIpc) is 2.35. The van der Waals surface area contributed by atoms with Crippen LogP contribution in [0.25, 0.3) is 0 Å². The fraction of sp³-hybridized carbons (Fsp3) is 0.182. The third kappa shape index (κ3) is 3.50. The number of hydrogen-bond donors (Lipinski definition) is 0. The molecule has 0 unspecified atom stereocenters. The Hall–Kier alpha value is -2.46. The quantitative estimate of drug-likeness (QED) is 0.208. The van der Waals surface area contributed by atoms with Crippen molar-refractivity contribution >= 4 is 23.1 Å². The fourth-order valence-electron chi connectivity index (χ4n) is 1.24. The van der Waals surface area contributed by atoms with E-state index in [1.54, 1.807) is 20.2 Å². The van der Waals surface area contributed by atoms with Gasteiger partial charge < -0.3 is 4.90 Å². The van der Waals surface area contributed by atoms with Gasteiger partial charge in [-0.2, -0.15) is 5.26 Å². The summed E-state index contributed by atoms with van der Waals surface area (Å²) in [5.74, 6) is -0.711. The van der Waals surface area contributed by atoms with E-state index in [9.17, 15) is 14.9 Å². The van der Waals surface area contributed by atoms with E-state index in [2.05, 4.69) is 4.98 Å². The highest BCUT2D eigenvalue weighted by Crippen LogP contribution is 2.21. The van der Waals surface area contributed by atoms with Crippen LogP contribution in [0.1, 0.15) is 10.4 Å². The molecule has 0 fully saturated rings. The number of allylic oxidation sites excluding steroid dienone is 1. The molecule has 0 spiro atoms. The summed E-state index contributed by atoms with van der Waals surface area (Å²) in [7, 11) is 3.27. The van der Waals surface area contributed by atoms with Crippen LogP contribution in [0.2, 0.25) is 5.15 Å². The van der Waals surface area contributed by atoms with Crippen LogP contribution in [0, 0.1) is 21.4 Å². The number of carbonyl (C=O) groups excluding carboxylic acids is 1. The lowest BCUT2D eigenvalue weighted by molar-refractivity contribution is -0.385. The molecule has 1 heterocycles. The molecule has 1 rings (SSSR count). The fourth-order valence-corrected chi connectivity index (χ4v) is 1.43. The van der Waals surface area contributed by atoms with Crippen molar-refractivity contribution in [1.82, 2.24) is 9.88 Å². The molecule has 0 saturated carbocycles. The van der Waals surface area contributed by atoms with Crippen LogP contribution in [0.3, 0.4) is 0 Å². The predicted molar refractivity (Wildman–Crippen MR) is 67.6 cm³/mol. The summed E-state index contributed by atoms with van der Waals surface area (Å²) in [5.41, 5.74) is -0.727. The summed E-state index contributed by atoms with van der Waals surface area (Å²) in [4.78, 5) is 27.1. The van der Waals surface area contributed by atoms with Gasteiger partial charge in [-0.3, -0.25) is 14.9 Å². The first-order valence-corrected chi connectivity index (χ1v) is 5.37. The number of pyridine rings is 1. The smallest absolute Gasteiger partial charge is 0.288 e. The van der Waals surface area contributed by atoms with Crippen molar-refractivity contribution < 1.29 is 9.72 Å². The largest absolute Gasteiger partial charge is 0.382 e. The normalized spacial score (nSPS) is 10.7. The lowest BCUT2D eigenvalue weighted by atomic mass is 10.1. The van der Waals surface area contributed by atoms with Crippen LogP contribution < -0.4 is 0 Å². The minimum Gasteiger partial charge on any atom is -0.382 e. The number of aromatic nitrogens is 1. The van der Waals surface area contributed by atoms with Crippen LogP contribution >= 0.6 is 11.6 Å². The zero-order valence-corrected chi connectivity index (χ0v) is 10.9. The Morgan fingerprint density at radius 3 is 2.74 bits per heavy atom. The summed E-state index contributed by atoms with van der Waals surface area (Å²) in [5, 5.41) is 19.4. The van der Waals surface area contributed by atoms with Gasteiger partial charge in [0.1, 0.15) is 23.0 Å². The van der Waals surface area contributed by atoms with Crippen LogP contribution in [0.4, 0.5) is 5.69 Å². The number of halogens is 1. The van der Waals surface area contributed by atoms with Gasteiger partial charge in [0.15, 0.2) is 0 Å². The van der Waals surface area contributed by atoms with E-state index >= 15 is 0 Å². The Balaban J connectivity index is 3.30. The van der Waals surface area contributed by atoms with Crippen molar-refractivity contribution in [2.45, 2.75) is 0 Å². The van der Waals surface area contributed by atoms with Crippen molar-refractivity contribution in [3.63, 3.8) is 0 Å². The van der Waals surface area contributed by atoms with E-state index in [0.717, 1.165) is 12.3 Å². The molecule has 1 aromatic rings. The first-order chi connectivity index (χ1) is 8.86. The number of nitro groups is 1. The summed E-state index contributed by atoms with van der Waals surface area (Å²) >= 11 is 5.73. The second kappa shape index (κ2) is 5.93. The molecule has 0 N–H and O–H groups in total. The molecular formula is C11H9ClN4O3. The first kappa shape index (κ1) is 14.6. The highest BCUT2D eigenvalue weighted by molar-refractivity contribution is 6.34. The van der Waals surface area contributed by atoms with E-state index < -0.39 is 10.7 Å². The highest BCUT2D eigenvalue weighted by Gasteiger charge is 2.20. The maximum Gasteiger partial charge on any atom is 0.288 e. The molecule has 0 radical (unpaired) electrons. The third-order valence-corrected chi connectivity index (χ3v) is 2.33. The second-order valence-corrected chi connectivity index (χ2v) is 4.09. The molecule has 0 aliphatic heterocycles. The number of Topliss-reactive ketones (excluding diaryl/α,β-unsaturated/α-hetero) is 1.